The number of rotatable bonds is 37. The number of carbonyl (C=O) groups is 8. The number of ketones is 1. The third kappa shape index (κ3) is 23.0. The Balaban J connectivity index is 2.04. The SMILES string of the molecule is CCC(CO)OC(COC(=O)NCCC(=O)N[C@@H](C)C(=O)OCCCNC(=O)[C@H](Cc1ccccc1)NC(=O)[C@H](C)[C@@H](OC)[C@@H]1CCCC1C(=O)C[C@@H](C)[C@H]([C@@H](C)CC)N(C)C(=O)[C@@H](NC(=O)[C@H](C(C)C)N(C)C)C(C)C)OC. The van der Waals surface area contributed by atoms with Gasteiger partial charge in [-0.1, -0.05) is 105 Å². The number of Topliss-reactive ketones (excluding diaryl/α,β-unsaturated/α-hetero) is 1. The minimum absolute atomic E-state index is 0.0290. The van der Waals surface area contributed by atoms with Crippen molar-refractivity contribution in [1.29, 1.82) is 0 Å². The summed E-state index contributed by atoms with van der Waals surface area (Å²) in [4.78, 5) is 111. The molecule has 1 saturated carbocycles. The van der Waals surface area contributed by atoms with E-state index in [0.29, 0.717) is 19.3 Å². The highest BCUT2D eigenvalue weighted by molar-refractivity contribution is 5.91. The van der Waals surface area contributed by atoms with E-state index in [1.807, 2.05) is 90.9 Å². The fourth-order valence-corrected chi connectivity index (χ4v) is 10.6. The van der Waals surface area contributed by atoms with Gasteiger partial charge in [0.05, 0.1) is 37.4 Å². The number of ether oxygens (including phenoxy) is 5. The van der Waals surface area contributed by atoms with E-state index in [4.69, 9.17) is 23.7 Å². The Hall–Kier alpha value is -5.22. The average molecular weight is 1120 g/mol. The number of esters is 1. The molecular weight excluding hydrogens is 1020 g/mol. The van der Waals surface area contributed by atoms with Gasteiger partial charge in [-0.05, 0) is 81.9 Å². The van der Waals surface area contributed by atoms with E-state index in [1.54, 1.807) is 18.9 Å². The summed E-state index contributed by atoms with van der Waals surface area (Å²) in [5, 5.41) is 23.1. The van der Waals surface area contributed by atoms with Crippen LogP contribution in [0.2, 0.25) is 0 Å². The largest absolute Gasteiger partial charge is 0.464 e. The van der Waals surface area contributed by atoms with Crippen LogP contribution in [0.1, 0.15) is 126 Å². The molecule has 3 unspecified atom stereocenters. The molecule has 21 heteroatoms. The number of carbonyl (C=O) groups excluding carboxylic acids is 8. The highest BCUT2D eigenvalue weighted by Gasteiger charge is 2.44. The molecule has 0 aliphatic heterocycles. The minimum atomic E-state index is -1.00. The number of aliphatic hydroxyl groups is 1. The van der Waals surface area contributed by atoms with Gasteiger partial charge in [0.1, 0.15) is 30.5 Å². The number of alkyl carbamates (subject to hydrolysis) is 1. The van der Waals surface area contributed by atoms with Crippen LogP contribution in [0.5, 0.6) is 0 Å². The second-order valence-corrected chi connectivity index (χ2v) is 22.2. The molecule has 0 spiro atoms. The first kappa shape index (κ1) is 69.9. The van der Waals surface area contributed by atoms with Crippen molar-refractivity contribution in [2.75, 3.05) is 68.3 Å². The fraction of sp³-hybridized carbons (Fsp3) is 0.759. The molecule has 1 aromatic rings. The zero-order valence-corrected chi connectivity index (χ0v) is 50.1. The lowest BCUT2D eigenvalue weighted by Crippen LogP contribution is -2.58. The van der Waals surface area contributed by atoms with Gasteiger partial charge in [-0.3, -0.25) is 33.7 Å². The number of likely N-dealkylation sites (N-methyl/N-ethyl adjacent to an activating group) is 2. The Labute approximate surface area is 470 Å². The zero-order valence-electron chi connectivity index (χ0n) is 50.1. The molecule has 1 fully saturated rings. The molecule has 2 rings (SSSR count). The van der Waals surface area contributed by atoms with Crippen LogP contribution in [0.25, 0.3) is 0 Å². The van der Waals surface area contributed by atoms with Gasteiger partial charge in [0.2, 0.25) is 29.5 Å². The van der Waals surface area contributed by atoms with Crippen molar-refractivity contribution in [2.45, 2.75) is 176 Å². The summed E-state index contributed by atoms with van der Waals surface area (Å²) >= 11 is 0. The van der Waals surface area contributed by atoms with Gasteiger partial charge in [0.15, 0.2) is 6.29 Å². The number of hydrogen-bond acceptors (Lipinski definition) is 15. The third-order valence-electron chi connectivity index (χ3n) is 15.1. The molecule has 0 heterocycles. The third-order valence-corrected chi connectivity index (χ3v) is 15.1. The van der Waals surface area contributed by atoms with Crippen molar-refractivity contribution in [3.05, 3.63) is 35.9 Å². The summed E-state index contributed by atoms with van der Waals surface area (Å²) in [6, 6.07) is 5.84. The Morgan fingerprint density at radius 3 is 1.99 bits per heavy atom. The van der Waals surface area contributed by atoms with Gasteiger partial charge in [0, 0.05) is 65.6 Å². The number of methoxy groups -OCH3 is 2. The summed E-state index contributed by atoms with van der Waals surface area (Å²) < 4.78 is 27.1. The number of hydrogen-bond donors (Lipinski definition) is 6. The normalized spacial score (nSPS) is 18.6. The van der Waals surface area contributed by atoms with Crippen LogP contribution < -0.4 is 26.6 Å². The predicted octanol–water partition coefficient (Wildman–Crippen LogP) is 4.41. The maximum Gasteiger partial charge on any atom is 0.407 e. The summed E-state index contributed by atoms with van der Waals surface area (Å²) in [6.45, 7) is 18.5. The first-order valence-corrected chi connectivity index (χ1v) is 28.4. The van der Waals surface area contributed by atoms with Crippen LogP contribution in [0.15, 0.2) is 30.3 Å². The number of aliphatic hydroxyl groups excluding tert-OH is 1. The van der Waals surface area contributed by atoms with Crippen LogP contribution in [-0.2, 0) is 63.7 Å². The van der Waals surface area contributed by atoms with E-state index in [9.17, 15) is 43.5 Å². The lowest BCUT2D eigenvalue weighted by molar-refractivity contribution is -0.181. The minimum Gasteiger partial charge on any atom is -0.464 e. The number of amides is 6. The molecule has 0 aromatic heterocycles. The molecule has 21 nitrogen and oxygen atoms in total. The van der Waals surface area contributed by atoms with Crippen LogP contribution in [0.3, 0.4) is 0 Å². The number of benzene rings is 1. The molecule has 79 heavy (non-hydrogen) atoms. The maximum absolute atomic E-state index is 14.5. The average Bonchev–Trinajstić information content (AvgIpc) is 3.90. The molecule has 450 valence electrons. The van der Waals surface area contributed by atoms with Crippen LogP contribution in [0, 0.1) is 41.4 Å². The van der Waals surface area contributed by atoms with Gasteiger partial charge < -0.3 is 60.3 Å². The van der Waals surface area contributed by atoms with Crippen molar-refractivity contribution < 1.29 is 67.1 Å². The molecule has 0 bridgehead atoms. The topological polar surface area (TPSA) is 270 Å². The van der Waals surface area contributed by atoms with Crippen molar-refractivity contribution in [3.8, 4) is 0 Å². The highest BCUT2D eigenvalue weighted by Crippen LogP contribution is 2.40. The molecule has 6 N–H and O–H groups in total. The van der Waals surface area contributed by atoms with Gasteiger partial charge in [0.25, 0.3) is 0 Å². The molecule has 1 aliphatic rings. The van der Waals surface area contributed by atoms with E-state index in [2.05, 4.69) is 40.4 Å². The van der Waals surface area contributed by atoms with Crippen molar-refractivity contribution in [2.24, 2.45) is 41.4 Å². The van der Waals surface area contributed by atoms with E-state index in [1.165, 1.54) is 21.1 Å². The zero-order chi connectivity index (χ0) is 59.5. The Morgan fingerprint density at radius 1 is 0.747 bits per heavy atom. The fourth-order valence-electron chi connectivity index (χ4n) is 10.6. The molecule has 1 aromatic carbocycles. The monoisotopic (exact) mass is 1120 g/mol. The highest BCUT2D eigenvalue weighted by atomic mass is 16.7. The molecule has 1 aliphatic carbocycles. The standard InChI is InChI=1S/C58H99N7O14/c1-16-37(7)51(65(13)56(72)49(35(3)4)63-55(71)50(36(5)6)64(11)12)38(8)31-46(67)43-25-21-26-44(43)52(76-15)39(9)53(69)62-45(32-41-23-19-18-20-24-41)54(70)59-28-22-30-77-57(73)40(10)61-47(68)27-29-60-58(74)78-34-48(75-14)79-42(17-2)33-66/h18-20,23-24,35-40,42-45,48-52,66H,16-17,21-22,25-34H2,1-15H3,(H,59,70)(H,60,74)(H,61,68)(H,62,69)(H,63,71)/t37-,38+,39+,40-,42?,43?,44+,45-,48?,49-,50-,51-,52+/m0/s1. The Morgan fingerprint density at radius 2 is 1.42 bits per heavy atom. The van der Waals surface area contributed by atoms with Crippen molar-refractivity contribution in [3.63, 3.8) is 0 Å². The van der Waals surface area contributed by atoms with Crippen molar-refractivity contribution >= 4 is 47.4 Å². The molecule has 13 atom stereocenters. The smallest absolute Gasteiger partial charge is 0.407 e. The van der Waals surface area contributed by atoms with Gasteiger partial charge >= 0.3 is 12.1 Å². The van der Waals surface area contributed by atoms with Gasteiger partial charge in [-0.15, -0.1) is 0 Å². The van der Waals surface area contributed by atoms with E-state index in [-0.39, 0.29) is 118 Å². The van der Waals surface area contributed by atoms with Crippen LogP contribution >= 0.6 is 0 Å². The first-order chi connectivity index (χ1) is 37.4. The molecule has 0 radical (unpaired) electrons. The lowest BCUT2D eigenvalue weighted by Gasteiger charge is -2.40. The molecule has 6 amide bonds. The van der Waals surface area contributed by atoms with E-state index in [0.717, 1.165) is 18.4 Å². The quantitative estimate of drug-likeness (QED) is 0.0306. The first-order valence-electron chi connectivity index (χ1n) is 28.4. The van der Waals surface area contributed by atoms with Gasteiger partial charge in [-0.25, -0.2) is 9.59 Å². The molecular formula is C58H99N7O14. The van der Waals surface area contributed by atoms with Crippen LogP contribution in [0.4, 0.5) is 4.79 Å². The van der Waals surface area contributed by atoms with E-state index < -0.39 is 78.4 Å². The predicted molar refractivity (Wildman–Crippen MR) is 300 cm³/mol. The Kier molecular flexibility index (Phi) is 32.0. The Bertz CT molecular complexity index is 2030. The second-order valence-electron chi connectivity index (χ2n) is 22.2. The summed E-state index contributed by atoms with van der Waals surface area (Å²) in [5.74, 6) is -4.11. The van der Waals surface area contributed by atoms with Gasteiger partial charge in [-0.2, -0.15) is 0 Å². The van der Waals surface area contributed by atoms with E-state index >= 15 is 0 Å². The summed E-state index contributed by atoms with van der Waals surface area (Å²) in [5.41, 5.74) is 0.817. The molecule has 0 saturated heterocycles. The lowest BCUT2D eigenvalue weighted by atomic mass is 9.77. The van der Waals surface area contributed by atoms with Crippen molar-refractivity contribution in [1.82, 2.24) is 36.4 Å². The van der Waals surface area contributed by atoms with Crippen LogP contribution in [-0.4, -0.2) is 179 Å². The number of nitrogens with one attached hydrogen (secondary N) is 5. The summed E-state index contributed by atoms with van der Waals surface area (Å²) in [6.07, 6.45) is 1.08. The maximum atomic E-state index is 14.5. The number of nitrogens with zero attached hydrogens (tertiary/aromatic N) is 2. The summed E-state index contributed by atoms with van der Waals surface area (Å²) in [7, 11) is 8.39. The second kappa shape index (κ2) is 36.2.